The first kappa shape index (κ1) is 14.0. The summed E-state index contributed by atoms with van der Waals surface area (Å²) in [5.74, 6) is -1.61. The number of carbonyl (C=O) groups excluding carboxylic acids is 1. The largest absolute Gasteiger partial charge is 0.469 e. The molecular weight excluding hydrogens is 264 g/mol. The highest BCUT2D eigenvalue weighted by atomic mass is 19.1. The number of hydrogen-bond donors (Lipinski definition) is 1. The smallest absolute Gasteiger partial charge is 0.309 e. The average molecular weight is 277 g/mol. The number of anilines is 2. The Morgan fingerprint density at radius 2 is 1.85 bits per heavy atom. The number of benzene rings is 2. The van der Waals surface area contributed by atoms with Crippen LogP contribution in [0, 0.1) is 11.6 Å². The first-order valence-electron chi connectivity index (χ1n) is 5.96. The van der Waals surface area contributed by atoms with Crippen molar-refractivity contribution in [3.8, 4) is 0 Å². The quantitative estimate of drug-likeness (QED) is 0.870. The maximum Gasteiger partial charge on any atom is 0.309 e. The molecule has 2 aromatic carbocycles. The molecule has 2 aromatic rings. The topological polar surface area (TPSA) is 38.3 Å². The normalized spacial score (nSPS) is 10.2. The number of ether oxygens (including phenoxy) is 1. The molecule has 0 spiro atoms. The predicted octanol–water partition coefficient (Wildman–Crippen LogP) is 3.42. The van der Waals surface area contributed by atoms with Crippen molar-refractivity contribution in [1.82, 2.24) is 0 Å². The molecule has 2 rings (SSSR count). The van der Waals surface area contributed by atoms with Gasteiger partial charge in [0.2, 0.25) is 0 Å². The lowest BCUT2D eigenvalue weighted by atomic mass is 10.1. The SMILES string of the molecule is COC(=O)Cc1ccc(Nc2ccc(F)cc2F)cc1. The Morgan fingerprint density at radius 3 is 2.45 bits per heavy atom. The van der Waals surface area contributed by atoms with Crippen LogP contribution in [0.15, 0.2) is 42.5 Å². The van der Waals surface area contributed by atoms with Gasteiger partial charge in [-0.2, -0.15) is 0 Å². The summed E-state index contributed by atoms with van der Waals surface area (Å²) in [4.78, 5) is 11.1. The predicted molar refractivity (Wildman–Crippen MR) is 71.8 cm³/mol. The monoisotopic (exact) mass is 277 g/mol. The summed E-state index contributed by atoms with van der Waals surface area (Å²) in [6, 6.07) is 10.2. The maximum absolute atomic E-state index is 13.5. The highest BCUT2D eigenvalue weighted by Crippen LogP contribution is 2.21. The van der Waals surface area contributed by atoms with Gasteiger partial charge in [0.15, 0.2) is 0 Å². The van der Waals surface area contributed by atoms with E-state index in [0.717, 1.165) is 11.6 Å². The Hall–Kier alpha value is -2.43. The summed E-state index contributed by atoms with van der Waals surface area (Å²) in [6.45, 7) is 0. The van der Waals surface area contributed by atoms with E-state index in [1.807, 2.05) is 0 Å². The second-order valence-electron chi connectivity index (χ2n) is 4.20. The van der Waals surface area contributed by atoms with Crippen molar-refractivity contribution < 1.29 is 18.3 Å². The Morgan fingerprint density at radius 1 is 1.15 bits per heavy atom. The van der Waals surface area contributed by atoms with Crippen molar-refractivity contribution in [3.05, 3.63) is 59.7 Å². The second kappa shape index (κ2) is 6.14. The van der Waals surface area contributed by atoms with Gasteiger partial charge in [0.05, 0.1) is 19.2 Å². The van der Waals surface area contributed by atoms with Crippen molar-refractivity contribution in [2.24, 2.45) is 0 Å². The number of methoxy groups -OCH3 is 1. The van der Waals surface area contributed by atoms with Gasteiger partial charge < -0.3 is 10.1 Å². The molecule has 0 atom stereocenters. The number of nitrogens with one attached hydrogen (secondary N) is 1. The molecule has 0 saturated heterocycles. The van der Waals surface area contributed by atoms with Gasteiger partial charge in [0.25, 0.3) is 0 Å². The molecule has 0 bridgehead atoms. The first-order chi connectivity index (χ1) is 9.58. The van der Waals surface area contributed by atoms with Crippen LogP contribution < -0.4 is 5.32 Å². The molecule has 0 aromatic heterocycles. The molecular formula is C15H13F2NO2. The van der Waals surface area contributed by atoms with Gasteiger partial charge in [-0.1, -0.05) is 12.1 Å². The fourth-order valence-electron chi connectivity index (χ4n) is 1.69. The summed E-state index contributed by atoms with van der Waals surface area (Å²) in [7, 11) is 1.33. The first-order valence-corrected chi connectivity index (χ1v) is 5.96. The Kier molecular flexibility index (Phi) is 4.30. The minimum atomic E-state index is -0.663. The van der Waals surface area contributed by atoms with Crippen LogP contribution in [0.3, 0.4) is 0 Å². The summed E-state index contributed by atoms with van der Waals surface area (Å²) in [5, 5.41) is 2.84. The minimum absolute atomic E-state index is 0.182. The van der Waals surface area contributed by atoms with Crippen LogP contribution in [0.2, 0.25) is 0 Å². The summed E-state index contributed by atoms with van der Waals surface area (Å²) in [6.07, 6.45) is 0.182. The molecule has 0 amide bonds. The van der Waals surface area contributed by atoms with E-state index in [1.165, 1.54) is 19.2 Å². The fourth-order valence-corrected chi connectivity index (χ4v) is 1.69. The van der Waals surface area contributed by atoms with E-state index >= 15 is 0 Å². The van der Waals surface area contributed by atoms with E-state index < -0.39 is 11.6 Å². The molecule has 5 heteroatoms. The van der Waals surface area contributed by atoms with Crippen molar-refractivity contribution in [3.63, 3.8) is 0 Å². The van der Waals surface area contributed by atoms with Crippen LogP contribution in [0.5, 0.6) is 0 Å². The number of hydrogen-bond acceptors (Lipinski definition) is 3. The molecule has 0 aliphatic heterocycles. The van der Waals surface area contributed by atoms with E-state index in [4.69, 9.17) is 0 Å². The van der Waals surface area contributed by atoms with E-state index in [9.17, 15) is 13.6 Å². The third-order valence-electron chi connectivity index (χ3n) is 2.74. The van der Waals surface area contributed by atoms with Crippen LogP contribution in [0.4, 0.5) is 20.2 Å². The molecule has 0 heterocycles. The third-order valence-corrected chi connectivity index (χ3v) is 2.74. The summed E-state index contributed by atoms with van der Waals surface area (Å²) >= 11 is 0. The Balaban J connectivity index is 2.08. The zero-order valence-corrected chi connectivity index (χ0v) is 10.8. The van der Waals surface area contributed by atoms with Crippen LogP contribution >= 0.6 is 0 Å². The summed E-state index contributed by atoms with van der Waals surface area (Å²) in [5.41, 5.74) is 1.62. The van der Waals surface area contributed by atoms with E-state index in [0.29, 0.717) is 5.69 Å². The van der Waals surface area contributed by atoms with Crippen LogP contribution in [0.1, 0.15) is 5.56 Å². The number of rotatable bonds is 4. The van der Waals surface area contributed by atoms with Gasteiger partial charge in [0, 0.05) is 11.8 Å². The Labute approximate surface area is 115 Å². The zero-order chi connectivity index (χ0) is 14.5. The van der Waals surface area contributed by atoms with Crippen LogP contribution in [0.25, 0.3) is 0 Å². The lowest BCUT2D eigenvalue weighted by Gasteiger charge is -2.08. The molecule has 0 aliphatic carbocycles. The van der Waals surface area contributed by atoms with Gasteiger partial charge in [-0.25, -0.2) is 8.78 Å². The lowest BCUT2D eigenvalue weighted by Crippen LogP contribution is -2.04. The van der Waals surface area contributed by atoms with Crippen molar-refractivity contribution in [2.75, 3.05) is 12.4 Å². The van der Waals surface area contributed by atoms with Gasteiger partial charge >= 0.3 is 5.97 Å². The standard InChI is InChI=1S/C15H13F2NO2/c1-20-15(19)8-10-2-5-12(6-3-10)18-14-7-4-11(16)9-13(14)17/h2-7,9,18H,8H2,1H3. The van der Waals surface area contributed by atoms with E-state index in [1.54, 1.807) is 24.3 Å². The number of halogens is 2. The second-order valence-corrected chi connectivity index (χ2v) is 4.20. The van der Waals surface area contributed by atoms with Gasteiger partial charge in [-0.05, 0) is 29.8 Å². The van der Waals surface area contributed by atoms with Crippen molar-refractivity contribution >= 4 is 17.3 Å². The number of esters is 1. The highest BCUT2D eigenvalue weighted by molar-refractivity contribution is 5.72. The molecule has 20 heavy (non-hydrogen) atoms. The maximum atomic E-state index is 13.5. The molecule has 0 unspecified atom stereocenters. The minimum Gasteiger partial charge on any atom is -0.469 e. The van der Waals surface area contributed by atoms with E-state index in [2.05, 4.69) is 10.1 Å². The average Bonchev–Trinajstić information content (AvgIpc) is 2.44. The van der Waals surface area contributed by atoms with Crippen LogP contribution in [-0.4, -0.2) is 13.1 Å². The molecule has 0 radical (unpaired) electrons. The van der Waals surface area contributed by atoms with Gasteiger partial charge in [0.1, 0.15) is 11.6 Å². The summed E-state index contributed by atoms with van der Waals surface area (Å²) < 4.78 is 30.8. The lowest BCUT2D eigenvalue weighted by molar-refractivity contribution is -0.139. The molecule has 0 fully saturated rings. The molecule has 0 saturated carbocycles. The van der Waals surface area contributed by atoms with Gasteiger partial charge in [-0.3, -0.25) is 4.79 Å². The van der Waals surface area contributed by atoms with Crippen LogP contribution in [-0.2, 0) is 16.0 Å². The molecule has 1 N–H and O–H groups in total. The molecule has 0 aliphatic rings. The van der Waals surface area contributed by atoms with Crippen molar-refractivity contribution in [1.29, 1.82) is 0 Å². The zero-order valence-electron chi connectivity index (χ0n) is 10.8. The van der Waals surface area contributed by atoms with Gasteiger partial charge in [-0.15, -0.1) is 0 Å². The molecule has 3 nitrogen and oxygen atoms in total. The Bertz CT molecular complexity index is 612. The molecule has 104 valence electrons. The van der Waals surface area contributed by atoms with Crippen molar-refractivity contribution in [2.45, 2.75) is 6.42 Å². The third kappa shape index (κ3) is 3.54. The highest BCUT2D eigenvalue weighted by Gasteiger charge is 2.05. The van der Waals surface area contributed by atoms with E-state index in [-0.39, 0.29) is 18.1 Å². The fraction of sp³-hybridized carbons (Fsp3) is 0.133. The number of carbonyl (C=O) groups is 1.